The van der Waals surface area contributed by atoms with Crippen molar-refractivity contribution in [1.82, 2.24) is 10.2 Å². The first-order chi connectivity index (χ1) is 9.06. The first-order valence-electron chi connectivity index (χ1n) is 5.25. The third-order valence-corrected chi connectivity index (χ3v) is 4.37. The van der Waals surface area contributed by atoms with Crippen molar-refractivity contribution in [3.8, 4) is 0 Å². The SMILES string of the molecule is C[C@@H](Sc1nncs1)C(=O)Nc1ccc(F)c(Cl)c1. The summed E-state index contributed by atoms with van der Waals surface area (Å²) in [6, 6.07) is 4.04. The van der Waals surface area contributed by atoms with Gasteiger partial charge < -0.3 is 5.32 Å². The molecule has 1 aromatic carbocycles. The Kier molecular flexibility index (Phi) is 4.73. The minimum absolute atomic E-state index is 0.0257. The summed E-state index contributed by atoms with van der Waals surface area (Å²) in [7, 11) is 0. The van der Waals surface area contributed by atoms with Crippen molar-refractivity contribution in [2.24, 2.45) is 0 Å². The fourth-order valence-electron chi connectivity index (χ4n) is 1.24. The van der Waals surface area contributed by atoms with Gasteiger partial charge >= 0.3 is 0 Å². The average Bonchev–Trinajstić information content (AvgIpc) is 2.86. The lowest BCUT2D eigenvalue weighted by atomic mass is 10.3. The number of anilines is 1. The number of carbonyl (C=O) groups excluding carboxylic acids is 1. The molecule has 0 radical (unpaired) electrons. The van der Waals surface area contributed by atoms with Crippen LogP contribution in [0.4, 0.5) is 10.1 Å². The second kappa shape index (κ2) is 6.31. The summed E-state index contributed by atoms with van der Waals surface area (Å²) >= 11 is 8.32. The highest BCUT2D eigenvalue weighted by atomic mass is 35.5. The van der Waals surface area contributed by atoms with Crippen molar-refractivity contribution >= 4 is 46.3 Å². The maximum atomic E-state index is 13.0. The van der Waals surface area contributed by atoms with E-state index >= 15 is 0 Å². The van der Waals surface area contributed by atoms with Gasteiger partial charge in [-0.3, -0.25) is 4.79 Å². The highest BCUT2D eigenvalue weighted by Crippen LogP contribution is 2.25. The molecule has 0 aliphatic rings. The molecule has 0 aliphatic heterocycles. The van der Waals surface area contributed by atoms with Crippen LogP contribution in [0.3, 0.4) is 0 Å². The Morgan fingerprint density at radius 1 is 1.58 bits per heavy atom. The van der Waals surface area contributed by atoms with Gasteiger partial charge in [0.25, 0.3) is 0 Å². The Balaban J connectivity index is 1.98. The number of carbonyl (C=O) groups is 1. The van der Waals surface area contributed by atoms with Crippen LogP contribution in [0.25, 0.3) is 0 Å². The first-order valence-corrected chi connectivity index (χ1v) is 7.38. The van der Waals surface area contributed by atoms with Crippen molar-refractivity contribution in [3.63, 3.8) is 0 Å². The Bertz CT molecular complexity index is 579. The lowest BCUT2D eigenvalue weighted by molar-refractivity contribution is -0.115. The van der Waals surface area contributed by atoms with Crippen molar-refractivity contribution in [2.75, 3.05) is 5.32 Å². The van der Waals surface area contributed by atoms with E-state index in [1.54, 1.807) is 12.4 Å². The quantitative estimate of drug-likeness (QED) is 0.878. The lowest BCUT2D eigenvalue weighted by Crippen LogP contribution is -2.22. The van der Waals surface area contributed by atoms with E-state index in [1.165, 1.54) is 41.3 Å². The Labute approximate surface area is 122 Å². The van der Waals surface area contributed by atoms with Crippen LogP contribution in [0.15, 0.2) is 28.0 Å². The third kappa shape index (κ3) is 3.89. The zero-order chi connectivity index (χ0) is 13.8. The zero-order valence-corrected chi connectivity index (χ0v) is 12.2. The normalized spacial score (nSPS) is 12.2. The Morgan fingerprint density at radius 2 is 2.37 bits per heavy atom. The molecular formula is C11H9ClFN3OS2. The van der Waals surface area contributed by atoms with Gasteiger partial charge in [0.15, 0.2) is 4.34 Å². The molecule has 4 nitrogen and oxygen atoms in total. The molecule has 2 aromatic rings. The summed E-state index contributed by atoms with van der Waals surface area (Å²) in [5.74, 6) is -0.723. The number of nitrogens with zero attached hydrogens (tertiary/aromatic N) is 2. The van der Waals surface area contributed by atoms with Crippen molar-refractivity contribution in [2.45, 2.75) is 16.5 Å². The van der Waals surface area contributed by atoms with Crippen molar-refractivity contribution in [3.05, 3.63) is 34.5 Å². The summed E-state index contributed by atoms with van der Waals surface area (Å²) in [4.78, 5) is 11.9. The van der Waals surface area contributed by atoms with Gasteiger partial charge in [-0.05, 0) is 25.1 Å². The highest BCUT2D eigenvalue weighted by Gasteiger charge is 2.16. The topological polar surface area (TPSA) is 54.9 Å². The second-order valence-corrected chi connectivity index (χ2v) is 6.41. The predicted octanol–water partition coefficient (Wildman–Crippen LogP) is 3.45. The van der Waals surface area contributed by atoms with Gasteiger partial charge in [0.05, 0.1) is 10.3 Å². The van der Waals surface area contributed by atoms with Crippen LogP contribution < -0.4 is 5.32 Å². The van der Waals surface area contributed by atoms with E-state index in [1.807, 2.05) is 0 Å². The molecule has 0 saturated carbocycles. The largest absolute Gasteiger partial charge is 0.325 e. The second-order valence-electron chi connectivity index (χ2n) is 3.58. The van der Waals surface area contributed by atoms with E-state index in [4.69, 9.17) is 11.6 Å². The van der Waals surface area contributed by atoms with Gasteiger partial charge in [0, 0.05) is 5.69 Å². The molecule has 0 bridgehead atoms. The van der Waals surface area contributed by atoms with Gasteiger partial charge in [-0.15, -0.1) is 10.2 Å². The number of hydrogen-bond acceptors (Lipinski definition) is 5. The van der Waals surface area contributed by atoms with Crippen LogP contribution in [0.2, 0.25) is 5.02 Å². The Morgan fingerprint density at radius 3 is 3.00 bits per heavy atom. The minimum atomic E-state index is -0.518. The van der Waals surface area contributed by atoms with E-state index in [0.29, 0.717) is 5.69 Å². The fraction of sp³-hybridized carbons (Fsp3) is 0.182. The summed E-state index contributed by atoms with van der Waals surface area (Å²) in [5, 5.41) is 9.85. The monoisotopic (exact) mass is 317 g/mol. The summed E-state index contributed by atoms with van der Waals surface area (Å²) in [6.07, 6.45) is 0. The van der Waals surface area contributed by atoms with E-state index < -0.39 is 5.82 Å². The van der Waals surface area contributed by atoms with Crippen LogP contribution in [0.5, 0.6) is 0 Å². The maximum Gasteiger partial charge on any atom is 0.237 e. The summed E-state index contributed by atoms with van der Waals surface area (Å²) in [6.45, 7) is 1.76. The number of benzene rings is 1. The number of thioether (sulfide) groups is 1. The number of rotatable bonds is 4. The van der Waals surface area contributed by atoms with Gasteiger partial charge in [0.1, 0.15) is 11.3 Å². The molecule has 2 rings (SSSR count). The number of hydrogen-bond donors (Lipinski definition) is 1. The molecule has 1 aromatic heterocycles. The third-order valence-electron chi connectivity index (χ3n) is 2.17. The highest BCUT2D eigenvalue weighted by molar-refractivity contribution is 8.02. The molecule has 0 saturated heterocycles. The van der Waals surface area contributed by atoms with Crippen molar-refractivity contribution in [1.29, 1.82) is 0 Å². The van der Waals surface area contributed by atoms with Crippen LogP contribution in [0.1, 0.15) is 6.92 Å². The lowest BCUT2D eigenvalue weighted by Gasteiger charge is -2.10. The number of halogens is 2. The molecule has 0 unspecified atom stereocenters. The standard InChI is InChI=1S/C11H9ClFN3OS2/c1-6(19-11-16-14-5-18-11)10(17)15-7-2-3-9(13)8(12)4-7/h2-6H,1H3,(H,15,17)/t6-/m1/s1. The summed E-state index contributed by atoms with van der Waals surface area (Å²) in [5.41, 5.74) is 2.06. The first kappa shape index (κ1) is 14.2. The molecule has 19 heavy (non-hydrogen) atoms. The van der Waals surface area contributed by atoms with Crippen LogP contribution in [0, 0.1) is 5.82 Å². The minimum Gasteiger partial charge on any atom is -0.325 e. The maximum absolute atomic E-state index is 13.0. The van der Waals surface area contributed by atoms with Gasteiger partial charge in [-0.1, -0.05) is 34.7 Å². The van der Waals surface area contributed by atoms with Gasteiger partial charge in [0.2, 0.25) is 5.91 Å². The van der Waals surface area contributed by atoms with Gasteiger partial charge in [-0.25, -0.2) is 4.39 Å². The zero-order valence-electron chi connectivity index (χ0n) is 9.76. The van der Waals surface area contributed by atoms with Crippen LogP contribution in [-0.4, -0.2) is 21.4 Å². The molecular weight excluding hydrogens is 309 g/mol. The van der Waals surface area contributed by atoms with Crippen LogP contribution >= 0.6 is 34.7 Å². The van der Waals surface area contributed by atoms with Crippen molar-refractivity contribution < 1.29 is 9.18 Å². The molecule has 1 heterocycles. The Hall–Kier alpha value is -1.18. The van der Waals surface area contributed by atoms with E-state index in [2.05, 4.69) is 15.5 Å². The van der Waals surface area contributed by atoms with E-state index in [0.717, 1.165) is 4.34 Å². The number of aromatic nitrogens is 2. The van der Waals surface area contributed by atoms with E-state index in [-0.39, 0.29) is 16.2 Å². The smallest absolute Gasteiger partial charge is 0.237 e. The average molecular weight is 318 g/mol. The predicted molar refractivity (Wildman–Crippen MR) is 75.3 cm³/mol. The fourth-order valence-corrected chi connectivity index (χ4v) is 3.04. The molecule has 0 aliphatic carbocycles. The number of amides is 1. The van der Waals surface area contributed by atoms with Gasteiger partial charge in [-0.2, -0.15) is 0 Å². The van der Waals surface area contributed by atoms with Crippen LogP contribution in [-0.2, 0) is 4.79 Å². The molecule has 1 N–H and O–H groups in total. The molecule has 100 valence electrons. The molecule has 0 fully saturated rings. The molecule has 0 spiro atoms. The molecule has 1 atom stereocenters. The summed E-state index contributed by atoms with van der Waals surface area (Å²) < 4.78 is 13.7. The molecule has 1 amide bonds. The number of nitrogens with one attached hydrogen (secondary N) is 1. The molecule has 8 heteroatoms. The van der Waals surface area contributed by atoms with E-state index in [9.17, 15) is 9.18 Å².